The van der Waals surface area contributed by atoms with Crippen molar-refractivity contribution in [1.82, 2.24) is 0 Å². The van der Waals surface area contributed by atoms with Gasteiger partial charge in [-0.3, -0.25) is 0 Å². The number of aliphatic carboxylic acids is 1. The minimum Gasteiger partial charge on any atom is -0.479 e. The fourth-order valence-electron chi connectivity index (χ4n) is 1.07. The van der Waals surface area contributed by atoms with Crippen LogP contribution in [0, 0.1) is 0 Å². The summed E-state index contributed by atoms with van der Waals surface area (Å²) in [6.45, 7) is 0. The Labute approximate surface area is 72.8 Å². The molecular formula is C6H10O7. The van der Waals surface area contributed by atoms with Crippen molar-refractivity contribution in [3.05, 3.63) is 0 Å². The van der Waals surface area contributed by atoms with Crippen LogP contribution in [0.25, 0.3) is 0 Å². The molecule has 0 aromatic carbocycles. The number of hydrogen-bond acceptors (Lipinski definition) is 6. The Hall–Kier alpha value is -0.730. The van der Waals surface area contributed by atoms with E-state index in [2.05, 4.69) is 4.74 Å². The van der Waals surface area contributed by atoms with E-state index in [0.717, 1.165) is 0 Å². The molecule has 5 N–H and O–H groups in total. The average molecular weight is 194 g/mol. The summed E-state index contributed by atoms with van der Waals surface area (Å²) in [6.07, 6.45) is -8.72. The standard InChI is InChI=1S/C6H10O7/c7-1-2(8)4(5(10)11)13-6(12)3(1)9/h1-4,6-9,12H,(H,10,11)/t1-,2+,3-,4+,6-/m1/s1. The monoisotopic (exact) mass is 194 g/mol. The molecule has 76 valence electrons. The summed E-state index contributed by atoms with van der Waals surface area (Å²) in [5.74, 6) is -1.52. The topological polar surface area (TPSA) is 127 Å². The number of rotatable bonds is 1. The minimum absolute atomic E-state index is 1.52. The summed E-state index contributed by atoms with van der Waals surface area (Å²) in [5.41, 5.74) is 0. The molecule has 0 aromatic heterocycles. The van der Waals surface area contributed by atoms with Crippen LogP contribution in [0.3, 0.4) is 0 Å². The second kappa shape index (κ2) is 3.56. The number of carboxylic acids is 1. The van der Waals surface area contributed by atoms with Gasteiger partial charge in [0.25, 0.3) is 0 Å². The summed E-state index contributed by atoms with van der Waals surface area (Å²) >= 11 is 0. The van der Waals surface area contributed by atoms with Crippen LogP contribution in [0.4, 0.5) is 0 Å². The lowest BCUT2D eigenvalue weighted by Crippen LogP contribution is -2.59. The second-order valence-corrected chi connectivity index (χ2v) is 2.76. The molecule has 7 nitrogen and oxygen atoms in total. The summed E-state index contributed by atoms with van der Waals surface area (Å²) in [6, 6.07) is 0. The van der Waals surface area contributed by atoms with Crippen molar-refractivity contribution in [2.45, 2.75) is 30.7 Å². The third-order valence-corrected chi connectivity index (χ3v) is 1.83. The van der Waals surface area contributed by atoms with Crippen LogP contribution in [0.1, 0.15) is 0 Å². The number of hydrogen-bond donors (Lipinski definition) is 5. The molecule has 0 aliphatic carbocycles. The Morgan fingerprint density at radius 3 is 2.00 bits per heavy atom. The van der Waals surface area contributed by atoms with Gasteiger partial charge in [-0.25, -0.2) is 4.79 Å². The zero-order valence-corrected chi connectivity index (χ0v) is 6.44. The Bertz CT molecular complexity index is 205. The smallest absolute Gasteiger partial charge is 0.335 e. The van der Waals surface area contributed by atoms with Crippen LogP contribution in [0.15, 0.2) is 0 Å². The molecule has 0 saturated carbocycles. The SMILES string of the molecule is O=C(O)[C@H]1O[C@@H](O)[C@H](O)[C@H](O)[C@@H]1O. The molecule has 1 fully saturated rings. The summed E-state index contributed by atoms with van der Waals surface area (Å²) in [4.78, 5) is 10.4. The zero-order chi connectivity index (χ0) is 10.2. The molecule has 0 spiro atoms. The van der Waals surface area contributed by atoms with Crippen molar-refractivity contribution in [3.63, 3.8) is 0 Å². The van der Waals surface area contributed by atoms with Crippen molar-refractivity contribution in [2.75, 3.05) is 0 Å². The molecule has 1 aliphatic rings. The molecule has 0 radical (unpaired) electrons. The number of carbonyl (C=O) groups is 1. The normalized spacial score (nSPS) is 46.0. The first kappa shape index (κ1) is 10.4. The van der Waals surface area contributed by atoms with E-state index in [0.29, 0.717) is 0 Å². The second-order valence-electron chi connectivity index (χ2n) is 2.76. The van der Waals surface area contributed by atoms with Gasteiger partial charge >= 0.3 is 5.97 Å². The molecule has 7 heteroatoms. The lowest BCUT2D eigenvalue weighted by molar-refractivity contribution is -0.279. The molecule has 0 aromatic rings. The van der Waals surface area contributed by atoms with Gasteiger partial charge in [0.1, 0.15) is 18.3 Å². The molecular weight excluding hydrogens is 184 g/mol. The van der Waals surface area contributed by atoms with Gasteiger partial charge in [-0.15, -0.1) is 0 Å². The maximum absolute atomic E-state index is 10.4. The van der Waals surface area contributed by atoms with Gasteiger partial charge in [-0.2, -0.15) is 0 Å². The molecule has 5 atom stereocenters. The van der Waals surface area contributed by atoms with Crippen LogP contribution in [0.2, 0.25) is 0 Å². The third kappa shape index (κ3) is 1.79. The number of aliphatic hydroxyl groups is 4. The van der Waals surface area contributed by atoms with Gasteiger partial charge in [0.15, 0.2) is 12.4 Å². The Kier molecular flexibility index (Phi) is 2.84. The van der Waals surface area contributed by atoms with E-state index < -0.39 is 36.7 Å². The van der Waals surface area contributed by atoms with E-state index in [9.17, 15) is 4.79 Å². The van der Waals surface area contributed by atoms with Gasteiger partial charge in [-0.1, -0.05) is 0 Å². The van der Waals surface area contributed by atoms with Crippen LogP contribution >= 0.6 is 0 Å². The van der Waals surface area contributed by atoms with E-state index in [4.69, 9.17) is 25.5 Å². The van der Waals surface area contributed by atoms with Gasteiger partial charge in [0, 0.05) is 0 Å². The molecule has 0 amide bonds. The van der Waals surface area contributed by atoms with Crippen LogP contribution in [0.5, 0.6) is 0 Å². The number of aliphatic hydroxyl groups excluding tert-OH is 4. The predicted molar refractivity (Wildman–Crippen MR) is 36.5 cm³/mol. The first-order chi connectivity index (χ1) is 5.95. The van der Waals surface area contributed by atoms with E-state index in [1.54, 1.807) is 0 Å². The lowest BCUT2D eigenvalue weighted by atomic mass is 9.99. The average Bonchev–Trinajstić information content (AvgIpc) is 2.07. The van der Waals surface area contributed by atoms with Crippen LogP contribution in [-0.2, 0) is 9.53 Å². The quantitative estimate of drug-likeness (QED) is 0.298. The van der Waals surface area contributed by atoms with Crippen molar-refractivity contribution < 1.29 is 35.1 Å². The number of carboxylic acid groups (broad SMARTS) is 1. The largest absolute Gasteiger partial charge is 0.479 e. The Balaban J connectivity index is 2.76. The van der Waals surface area contributed by atoms with Crippen molar-refractivity contribution in [1.29, 1.82) is 0 Å². The maximum atomic E-state index is 10.4. The molecule has 1 saturated heterocycles. The van der Waals surface area contributed by atoms with Gasteiger partial charge in [-0.05, 0) is 0 Å². The molecule has 13 heavy (non-hydrogen) atoms. The molecule has 0 unspecified atom stereocenters. The lowest BCUT2D eigenvalue weighted by Gasteiger charge is -2.36. The number of ether oxygens (including phenoxy) is 1. The van der Waals surface area contributed by atoms with Gasteiger partial charge in [0.05, 0.1) is 0 Å². The summed E-state index contributed by atoms with van der Waals surface area (Å²) in [7, 11) is 0. The summed E-state index contributed by atoms with van der Waals surface area (Å²) < 4.78 is 4.34. The highest BCUT2D eigenvalue weighted by Crippen LogP contribution is 2.19. The molecule has 1 heterocycles. The molecule has 0 bridgehead atoms. The van der Waals surface area contributed by atoms with E-state index in [-0.39, 0.29) is 0 Å². The van der Waals surface area contributed by atoms with Crippen LogP contribution in [-0.4, -0.2) is 62.2 Å². The molecule has 1 rings (SSSR count). The first-order valence-corrected chi connectivity index (χ1v) is 3.55. The minimum atomic E-state index is -1.81. The van der Waals surface area contributed by atoms with Gasteiger partial charge < -0.3 is 30.3 Å². The van der Waals surface area contributed by atoms with Gasteiger partial charge in [0.2, 0.25) is 0 Å². The van der Waals surface area contributed by atoms with E-state index in [1.165, 1.54) is 0 Å². The highest BCUT2D eigenvalue weighted by molar-refractivity contribution is 5.73. The van der Waals surface area contributed by atoms with Crippen molar-refractivity contribution >= 4 is 5.97 Å². The van der Waals surface area contributed by atoms with Crippen molar-refractivity contribution in [3.8, 4) is 0 Å². The fourth-order valence-corrected chi connectivity index (χ4v) is 1.07. The van der Waals surface area contributed by atoms with E-state index >= 15 is 0 Å². The van der Waals surface area contributed by atoms with E-state index in [1.807, 2.05) is 0 Å². The highest BCUT2D eigenvalue weighted by atomic mass is 16.6. The Morgan fingerprint density at radius 2 is 1.54 bits per heavy atom. The summed E-state index contributed by atoms with van der Waals surface area (Å²) in [5, 5.41) is 44.4. The maximum Gasteiger partial charge on any atom is 0.335 e. The fraction of sp³-hybridized carbons (Fsp3) is 0.833. The highest BCUT2D eigenvalue weighted by Gasteiger charge is 2.46. The third-order valence-electron chi connectivity index (χ3n) is 1.83. The zero-order valence-electron chi connectivity index (χ0n) is 6.44. The molecule has 1 aliphatic heterocycles. The van der Waals surface area contributed by atoms with Crippen molar-refractivity contribution in [2.24, 2.45) is 0 Å². The Morgan fingerprint density at radius 1 is 1.00 bits per heavy atom. The first-order valence-electron chi connectivity index (χ1n) is 3.55. The van der Waals surface area contributed by atoms with Crippen LogP contribution < -0.4 is 0 Å². The predicted octanol–water partition coefficient (Wildman–Crippen LogP) is -3.13.